The Morgan fingerprint density at radius 2 is 1.95 bits per heavy atom. The van der Waals surface area contributed by atoms with E-state index in [1.54, 1.807) is 18.2 Å². The van der Waals surface area contributed by atoms with Crippen LogP contribution in [0.2, 0.25) is 0 Å². The van der Waals surface area contributed by atoms with Crippen molar-refractivity contribution in [3.8, 4) is 17.1 Å². The van der Waals surface area contributed by atoms with E-state index < -0.39 is 11.6 Å². The number of aromatic nitrogens is 4. The van der Waals surface area contributed by atoms with Gasteiger partial charge in [0.05, 0.1) is 0 Å². The number of halogens is 3. The fraction of sp³-hybridized carbons (Fsp3) is 0. The molecule has 106 valence electrons. The third-order valence-corrected chi connectivity index (χ3v) is 3.55. The van der Waals surface area contributed by atoms with Gasteiger partial charge in [0.2, 0.25) is 0 Å². The molecular formula is C13H8BrF2N5. The highest BCUT2D eigenvalue weighted by molar-refractivity contribution is 9.10. The third-order valence-electron chi connectivity index (χ3n) is 2.86. The zero-order valence-electron chi connectivity index (χ0n) is 10.5. The molecule has 0 spiro atoms. The second-order valence-corrected chi connectivity index (χ2v) is 5.08. The van der Waals surface area contributed by atoms with Crippen LogP contribution < -0.4 is 5.73 Å². The molecule has 0 saturated carbocycles. The second-order valence-electron chi connectivity index (χ2n) is 4.23. The van der Waals surface area contributed by atoms with Gasteiger partial charge in [0.1, 0.15) is 5.69 Å². The van der Waals surface area contributed by atoms with Crippen LogP contribution in [0.5, 0.6) is 0 Å². The first kappa shape index (κ1) is 13.6. The standard InChI is InChI=1S/C13H8BrF2N5/c14-9-5-4-7(17)6-8(9)13-18-19-20-21(13)11-3-1-2-10(15)12(11)16/h1-6H,17H2. The molecule has 0 saturated heterocycles. The Morgan fingerprint density at radius 3 is 2.76 bits per heavy atom. The van der Waals surface area contributed by atoms with Gasteiger partial charge in [0.25, 0.3) is 0 Å². The largest absolute Gasteiger partial charge is 0.399 e. The van der Waals surface area contributed by atoms with Crippen molar-refractivity contribution in [1.29, 1.82) is 0 Å². The van der Waals surface area contributed by atoms with Crippen LogP contribution in [0.4, 0.5) is 14.5 Å². The molecule has 8 heteroatoms. The minimum Gasteiger partial charge on any atom is -0.399 e. The lowest BCUT2D eigenvalue weighted by Gasteiger charge is -2.08. The number of tetrazole rings is 1. The van der Waals surface area contributed by atoms with Gasteiger partial charge < -0.3 is 5.73 Å². The Hall–Kier alpha value is -2.35. The molecule has 0 fully saturated rings. The van der Waals surface area contributed by atoms with Gasteiger partial charge in [0, 0.05) is 15.7 Å². The molecule has 21 heavy (non-hydrogen) atoms. The zero-order valence-corrected chi connectivity index (χ0v) is 12.1. The summed E-state index contributed by atoms with van der Waals surface area (Å²) in [5, 5.41) is 11.1. The minimum absolute atomic E-state index is 0.0793. The van der Waals surface area contributed by atoms with Crippen LogP contribution >= 0.6 is 15.9 Å². The average molecular weight is 352 g/mol. The molecule has 0 bridgehead atoms. The number of anilines is 1. The maximum absolute atomic E-state index is 13.9. The lowest BCUT2D eigenvalue weighted by molar-refractivity contribution is 0.501. The first-order valence-corrected chi connectivity index (χ1v) is 6.65. The second kappa shape index (κ2) is 5.21. The van der Waals surface area contributed by atoms with E-state index in [0.717, 1.165) is 10.7 Å². The highest BCUT2D eigenvalue weighted by atomic mass is 79.9. The van der Waals surface area contributed by atoms with Crippen LogP contribution in [-0.2, 0) is 0 Å². The average Bonchev–Trinajstić information content (AvgIpc) is 2.93. The molecule has 2 N–H and O–H groups in total. The van der Waals surface area contributed by atoms with Crippen molar-refractivity contribution in [2.45, 2.75) is 0 Å². The van der Waals surface area contributed by atoms with Gasteiger partial charge in [-0.25, -0.2) is 8.78 Å². The van der Waals surface area contributed by atoms with Crippen molar-refractivity contribution >= 4 is 21.6 Å². The topological polar surface area (TPSA) is 69.6 Å². The molecule has 0 unspecified atom stereocenters. The van der Waals surface area contributed by atoms with Crippen molar-refractivity contribution < 1.29 is 8.78 Å². The van der Waals surface area contributed by atoms with Crippen LogP contribution in [-0.4, -0.2) is 20.2 Å². The first-order valence-electron chi connectivity index (χ1n) is 5.86. The molecule has 0 atom stereocenters. The van der Waals surface area contributed by atoms with Crippen molar-refractivity contribution in [2.24, 2.45) is 0 Å². The van der Waals surface area contributed by atoms with Crippen LogP contribution in [0, 0.1) is 11.6 Å². The quantitative estimate of drug-likeness (QED) is 0.720. The number of nitrogens with two attached hydrogens (primary N) is 1. The van der Waals surface area contributed by atoms with E-state index in [4.69, 9.17) is 5.73 Å². The first-order chi connectivity index (χ1) is 10.1. The third kappa shape index (κ3) is 2.38. The lowest BCUT2D eigenvalue weighted by atomic mass is 10.2. The zero-order chi connectivity index (χ0) is 15.0. The molecule has 5 nitrogen and oxygen atoms in total. The van der Waals surface area contributed by atoms with E-state index in [9.17, 15) is 8.78 Å². The van der Waals surface area contributed by atoms with E-state index >= 15 is 0 Å². The van der Waals surface area contributed by atoms with Crippen molar-refractivity contribution in [2.75, 3.05) is 5.73 Å². The van der Waals surface area contributed by atoms with Gasteiger partial charge in [0.15, 0.2) is 17.5 Å². The smallest absolute Gasteiger partial charge is 0.188 e. The van der Waals surface area contributed by atoms with E-state index in [2.05, 4.69) is 31.5 Å². The molecule has 1 heterocycles. The fourth-order valence-electron chi connectivity index (χ4n) is 1.89. The summed E-state index contributed by atoms with van der Waals surface area (Å²) >= 11 is 3.36. The maximum atomic E-state index is 13.9. The summed E-state index contributed by atoms with van der Waals surface area (Å²) in [5.74, 6) is -1.75. The molecule has 0 amide bonds. The van der Waals surface area contributed by atoms with Gasteiger partial charge in [-0.05, 0) is 40.8 Å². The Balaban J connectivity index is 2.22. The van der Waals surface area contributed by atoms with Crippen molar-refractivity contribution in [1.82, 2.24) is 20.2 Å². The molecule has 0 aliphatic carbocycles. The predicted molar refractivity (Wildman–Crippen MR) is 76.6 cm³/mol. The Bertz CT molecular complexity index is 802. The number of hydrogen-bond acceptors (Lipinski definition) is 4. The van der Waals surface area contributed by atoms with Gasteiger partial charge in [-0.15, -0.1) is 5.10 Å². The number of rotatable bonds is 2. The SMILES string of the molecule is Nc1ccc(Br)c(-c2nnnn2-c2cccc(F)c2F)c1. The van der Waals surface area contributed by atoms with E-state index in [1.807, 2.05) is 0 Å². The summed E-state index contributed by atoms with van der Waals surface area (Å²) in [6, 6.07) is 8.87. The Morgan fingerprint density at radius 1 is 1.14 bits per heavy atom. The number of hydrogen-bond donors (Lipinski definition) is 1. The Labute approximate surface area is 126 Å². The fourth-order valence-corrected chi connectivity index (χ4v) is 2.31. The Kier molecular flexibility index (Phi) is 3.38. The maximum Gasteiger partial charge on any atom is 0.188 e. The van der Waals surface area contributed by atoms with Crippen molar-refractivity contribution in [3.05, 3.63) is 52.5 Å². The highest BCUT2D eigenvalue weighted by Gasteiger charge is 2.18. The lowest BCUT2D eigenvalue weighted by Crippen LogP contribution is -2.04. The number of benzene rings is 2. The number of nitrogen functional groups attached to an aromatic ring is 1. The summed E-state index contributed by atoms with van der Waals surface area (Å²) < 4.78 is 29.1. The predicted octanol–water partition coefficient (Wildman–Crippen LogP) is 2.95. The van der Waals surface area contributed by atoms with Crippen LogP contribution in [0.15, 0.2) is 40.9 Å². The summed E-state index contributed by atoms with van der Waals surface area (Å²) in [6.45, 7) is 0. The molecule has 1 aromatic heterocycles. The summed E-state index contributed by atoms with van der Waals surface area (Å²) in [4.78, 5) is 0. The van der Waals surface area contributed by atoms with E-state index in [-0.39, 0.29) is 11.5 Å². The van der Waals surface area contributed by atoms with Gasteiger partial charge in [-0.3, -0.25) is 0 Å². The summed E-state index contributed by atoms with van der Waals surface area (Å²) in [6.07, 6.45) is 0. The molecule has 2 aromatic carbocycles. The highest BCUT2D eigenvalue weighted by Crippen LogP contribution is 2.30. The molecule has 0 radical (unpaired) electrons. The molecule has 3 rings (SSSR count). The van der Waals surface area contributed by atoms with Crippen molar-refractivity contribution in [3.63, 3.8) is 0 Å². The van der Waals surface area contributed by atoms with Gasteiger partial charge in [-0.2, -0.15) is 4.68 Å². The molecular weight excluding hydrogens is 344 g/mol. The van der Waals surface area contributed by atoms with Crippen LogP contribution in [0.25, 0.3) is 17.1 Å². The van der Waals surface area contributed by atoms with E-state index in [0.29, 0.717) is 15.7 Å². The summed E-state index contributed by atoms with van der Waals surface area (Å²) in [7, 11) is 0. The minimum atomic E-state index is -1.02. The summed E-state index contributed by atoms with van der Waals surface area (Å²) in [5.41, 5.74) is 6.74. The molecule has 0 aliphatic rings. The molecule has 3 aromatic rings. The number of nitrogens with zero attached hydrogens (tertiary/aromatic N) is 4. The van der Waals surface area contributed by atoms with Crippen LogP contribution in [0.1, 0.15) is 0 Å². The monoisotopic (exact) mass is 351 g/mol. The molecule has 0 aliphatic heterocycles. The van der Waals surface area contributed by atoms with Gasteiger partial charge >= 0.3 is 0 Å². The normalized spacial score (nSPS) is 10.8. The van der Waals surface area contributed by atoms with Gasteiger partial charge in [-0.1, -0.05) is 22.0 Å². The van der Waals surface area contributed by atoms with E-state index in [1.165, 1.54) is 12.1 Å². The van der Waals surface area contributed by atoms with Crippen LogP contribution in [0.3, 0.4) is 0 Å².